The Balaban J connectivity index is 1.40. The van der Waals surface area contributed by atoms with E-state index < -0.39 is 6.17 Å². The molecule has 0 aliphatic carbocycles. The first-order chi connectivity index (χ1) is 21.8. The highest BCUT2D eigenvalue weighted by Crippen LogP contribution is 2.40. The van der Waals surface area contributed by atoms with Gasteiger partial charge in [0, 0.05) is 55.4 Å². The Morgan fingerprint density at radius 1 is 1.13 bits per heavy atom. The third-order valence-electron chi connectivity index (χ3n) is 9.47. The second-order valence-corrected chi connectivity index (χ2v) is 12.2. The highest BCUT2D eigenvalue weighted by atomic mass is 19.1. The van der Waals surface area contributed by atoms with Gasteiger partial charge in [-0.3, -0.25) is 9.69 Å². The van der Waals surface area contributed by atoms with Crippen LogP contribution in [0.5, 0.6) is 5.88 Å². The summed E-state index contributed by atoms with van der Waals surface area (Å²) in [6.07, 6.45) is 1.58. The monoisotopic (exact) mass is 607 g/mol. The molecular weight excluding hydrogens is 569 g/mol. The Morgan fingerprint density at radius 2 is 1.93 bits per heavy atom. The first-order valence-corrected chi connectivity index (χ1v) is 15.5. The van der Waals surface area contributed by atoms with E-state index in [1.165, 1.54) is 22.4 Å². The Labute approximate surface area is 263 Å². The number of piperazine rings is 1. The lowest BCUT2D eigenvalue weighted by Gasteiger charge is -2.43. The van der Waals surface area contributed by atoms with E-state index in [-0.39, 0.29) is 36.9 Å². The van der Waals surface area contributed by atoms with Gasteiger partial charge in [-0.2, -0.15) is 10.5 Å². The standard InChI is InChI=1S/C35H38FN7O2/c1-4-32(44)43-16-15-42(20-26(43)11-13-37)34-28-12-14-41(31-10-6-9-24-8-5-7-23(2)33(24)31)21-30(28)39-35(29(34)18-38)45-22-27-17-25(36)19-40(27)3/h4-10,25-27H,1,11-12,14-17,19-22H2,2-3H3/t25-,26?,27+/m1/s1. The number of likely N-dealkylation sites (N-methyl/N-ethyl adjacent to an activating group) is 1. The molecule has 0 radical (unpaired) electrons. The summed E-state index contributed by atoms with van der Waals surface area (Å²) in [5.41, 5.74) is 5.28. The summed E-state index contributed by atoms with van der Waals surface area (Å²) in [6.45, 7) is 8.91. The molecule has 3 aliphatic rings. The molecule has 1 unspecified atom stereocenters. The maximum absolute atomic E-state index is 14.2. The summed E-state index contributed by atoms with van der Waals surface area (Å²) in [5.74, 6) is 0.0448. The molecule has 45 heavy (non-hydrogen) atoms. The zero-order chi connectivity index (χ0) is 31.7. The van der Waals surface area contributed by atoms with Crippen molar-refractivity contribution in [2.45, 2.75) is 51.0 Å². The number of aryl methyl sites for hydroxylation is 1. The Kier molecular flexibility index (Phi) is 8.60. The molecular formula is C35H38FN7O2. The molecule has 9 nitrogen and oxygen atoms in total. The number of halogens is 1. The van der Waals surface area contributed by atoms with Crippen LogP contribution in [0.25, 0.3) is 10.8 Å². The third-order valence-corrected chi connectivity index (χ3v) is 9.47. The minimum atomic E-state index is -0.907. The zero-order valence-corrected chi connectivity index (χ0v) is 25.9. The molecule has 2 saturated heterocycles. The molecule has 6 rings (SSSR count). The van der Waals surface area contributed by atoms with E-state index in [4.69, 9.17) is 9.72 Å². The Hall–Kier alpha value is -4.67. The van der Waals surface area contributed by atoms with E-state index in [0.717, 1.165) is 29.2 Å². The number of fused-ring (bicyclic) bond motifs is 2. The van der Waals surface area contributed by atoms with Crippen molar-refractivity contribution in [1.82, 2.24) is 14.8 Å². The quantitative estimate of drug-likeness (QED) is 0.362. The molecule has 0 bridgehead atoms. The predicted octanol–water partition coefficient (Wildman–Crippen LogP) is 4.52. The number of carbonyl (C=O) groups excluding carboxylic acids is 1. The van der Waals surface area contributed by atoms with Crippen molar-refractivity contribution in [2.24, 2.45) is 0 Å². The van der Waals surface area contributed by atoms with E-state index in [2.05, 4.69) is 71.8 Å². The summed E-state index contributed by atoms with van der Waals surface area (Å²) >= 11 is 0. The van der Waals surface area contributed by atoms with Crippen molar-refractivity contribution >= 4 is 28.1 Å². The third kappa shape index (κ3) is 5.79. The summed E-state index contributed by atoms with van der Waals surface area (Å²) in [6, 6.07) is 16.8. The van der Waals surface area contributed by atoms with Gasteiger partial charge in [0.15, 0.2) is 0 Å². The van der Waals surface area contributed by atoms with Crippen LogP contribution in [-0.4, -0.2) is 85.3 Å². The first kappa shape index (κ1) is 30.4. The fourth-order valence-corrected chi connectivity index (χ4v) is 7.19. The molecule has 3 aliphatic heterocycles. The molecule has 3 atom stereocenters. The maximum Gasteiger partial charge on any atom is 0.246 e. The van der Waals surface area contributed by atoms with E-state index in [1.54, 1.807) is 4.90 Å². The normalized spacial score (nSPS) is 21.7. The number of rotatable bonds is 7. The number of hydrogen-bond acceptors (Lipinski definition) is 8. The van der Waals surface area contributed by atoms with E-state index >= 15 is 0 Å². The van der Waals surface area contributed by atoms with Gasteiger partial charge in [0.25, 0.3) is 0 Å². The summed E-state index contributed by atoms with van der Waals surface area (Å²) in [7, 11) is 1.88. The number of nitrogens with zero attached hydrogens (tertiary/aromatic N) is 7. The van der Waals surface area contributed by atoms with Crippen molar-refractivity contribution in [1.29, 1.82) is 10.5 Å². The number of carbonyl (C=O) groups is 1. The number of nitriles is 2. The van der Waals surface area contributed by atoms with Crippen molar-refractivity contribution < 1.29 is 13.9 Å². The number of aromatic nitrogens is 1. The molecule has 0 N–H and O–H groups in total. The van der Waals surface area contributed by atoms with Crippen LogP contribution in [0, 0.1) is 29.6 Å². The van der Waals surface area contributed by atoms with Crippen LogP contribution in [0.1, 0.15) is 35.2 Å². The number of anilines is 2. The van der Waals surface area contributed by atoms with Gasteiger partial charge in [-0.25, -0.2) is 9.37 Å². The largest absolute Gasteiger partial charge is 0.475 e. The van der Waals surface area contributed by atoms with E-state index in [0.29, 0.717) is 51.1 Å². The number of alkyl halides is 1. The Morgan fingerprint density at radius 3 is 2.64 bits per heavy atom. The van der Waals surface area contributed by atoms with Gasteiger partial charge in [-0.15, -0.1) is 0 Å². The topological polar surface area (TPSA) is 99.7 Å². The highest BCUT2D eigenvalue weighted by molar-refractivity contribution is 5.97. The second-order valence-electron chi connectivity index (χ2n) is 12.2. The predicted molar refractivity (Wildman–Crippen MR) is 172 cm³/mol. The van der Waals surface area contributed by atoms with Crippen LogP contribution in [0.2, 0.25) is 0 Å². The number of pyridine rings is 1. The molecule has 3 aromatic rings. The van der Waals surface area contributed by atoms with Crippen LogP contribution in [0.4, 0.5) is 15.8 Å². The maximum atomic E-state index is 14.2. The summed E-state index contributed by atoms with van der Waals surface area (Å²) in [4.78, 5) is 25.7. The Bertz CT molecular complexity index is 1710. The highest BCUT2D eigenvalue weighted by Gasteiger charge is 2.36. The van der Waals surface area contributed by atoms with Crippen LogP contribution in [0.15, 0.2) is 49.1 Å². The SMILES string of the molecule is C=CC(=O)N1CCN(c2c(C#N)c(OC[C@@H]3C[C@@H](F)CN3C)nc3c2CCN(c2cccc4cccc(C)c24)C3)CC1CC#N. The minimum Gasteiger partial charge on any atom is -0.475 e. The lowest BCUT2D eigenvalue weighted by atomic mass is 9.95. The van der Waals surface area contributed by atoms with Crippen LogP contribution < -0.4 is 14.5 Å². The van der Waals surface area contributed by atoms with Crippen LogP contribution in [0.3, 0.4) is 0 Å². The second kappa shape index (κ2) is 12.7. The molecule has 0 saturated carbocycles. The lowest BCUT2D eigenvalue weighted by Crippen LogP contribution is -2.55. The lowest BCUT2D eigenvalue weighted by molar-refractivity contribution is -0.128. The molecule has 4 heterocycles. The van der Waals surface area contributed by atoms with Crippen molar-refractivity contribution in [3.63, 3.8) is 0 Å². The first-order valence-electron chi connectivity index (χ1n) is 15.5. The number of amides is 1. The van der Waals surface area contributed by atoms with Crippen molar-refractivity contribution in [3.05, 3.63) is 71.4 Å². The van der Waals surface area contributed by atoms with Gasteiger partial charge >= 0.3 is 0 Å². The number of ether oxygens (including phenoxy) is 1. The van der Waals surface area contributed by atoms with Crippen LogP contribution in [-0.2, 0) is 17.8 Å². The fraction of sp³-hybridized carbons (Fsp3) is 0.429. The molecule has 0 spiro atoms. The average molecular weight is 608 g/mol. The van der Waals surface area contributed by atoms with Gasteiger partial charge in [0.1, 0.15) is 24.4 Å². The van der Waals surface area contributed by atoms with Gasteiger partial charge in [0.2, 0.25) is 11.8 Å². The molecule has 2 aromatic carbocycles. The molecule has 10 heteroatoms. The van der Waals surface area contributed by atoms with Crippen molar-refractivity contribution in [3.8, 4) is 18.0 Å². The van der Waals surface area contributed by atoms with E-state index in [9.17, 15) is 19.7 Å². The van der Waals surface area contributed by atoms with Crippen molar-refractivity contribution in [2.75, 3.05) is 56.2 Å². The number of likely N-dealkylation sites (tertiary alicyclic amines) is 1. The smallest absolute Gasteiger partial charge is 0.246 e. The van der Waals surface area contributed by atoms with Crippen LogP contribution >= 0.6 is 0 Å². The van der Waals surface area contributed by atoms with Gasteiger partial charge in [0.05, 0.1) is 36.5 Å². The summed E-state index contributed by atoms with van der Waals surface area (Å²) in [5, 5.41) is 22.5. The van der Waals surface area contributed by atoms with E-state index in [1.807, 2.05) is 11.9 Å². The summed E-state index contributed by atoms with van der Waals surface area (Å²) < 4.78 is 20.4. The molecule has 1 amide bonds. The molecule has 232 valence electrons. The van der Waals surface area contributed by atoms with Gasteiger partial charge < -0.3 is 19.4 Å². The fourth-order valence-electron chi connectivity index (χ4n) is 7.19. The van der Waals surface area contributed by atoms with Gasteiger partial charge in [-0.05, 0) is 49.9 Å². The minimum absolute atomic E-state index is 0.114. The molecule has 2 fully saturated rings. The number of benzene rings is 2. The number of hydrogen-bond donors (Lipinski definition) is 0. The zero-order valence-electron chi connectivity index (χ0n) is 25.9. The molecule has 1 aromatic heterocycles. The average Bonchev–Trinajstić information content (AvgIpc) is 3.38. The van der Waals surface area contributed by atoms with Gasteiger partial charge in [-0.1, -0.05) is 36.9 Å².